The standard InChI is InChI=1S/C17H16FN3O4S2/c18-12-3-1-11(2-4-12)7-13-16(24)21(17(25)27-13)6-5-19-14(22)8-20-10-26-9-15(20)23/h1-4,7H,5-6,8-10H2,(H,19,22)/b13-7-. The van der Waals surface area contributed by atoms with Crippen LogP contribution in [0, 0.1) is 5.82 Å². The number of rotatable bonds is 6. The molecular weight excluding hydrogens is 393 g/mol. The first-order valence-electron chi connectivity index (χ1n) is 8.07. The van der Waals surface area contributed by atoms with Gasteiger partial charge in [-0.1, -0.05) is 12.1 Å². The van der Waals surface area contributed by atoms with E-state index in [2.05, 4.69) is 5.32 Å². The molecule has 1 aromatic carbocycles. The van der Waals surface area contributed by atoms with E-state index in [4.69, 9.17) is 0 Å². The van der Waals surface area contributed by atoms with Crippen LogP contribution in [0.15, 0.2) is 29.2 Å². The molecule has 2 saturated heterocycles. The topological polar surface area (TPSA) is 86.8 Å². The molecule has 4 amide bonds. The van der Waals surface area contributed by atoms with E-state index < -0.39 is 11.1 Å². The van der Waals surface area contributed by atoms with E-state index in [0.29, 0.717) is 17.2 Å². The predicted molar refractivity (Wildman–Crippen MR) is 101 cm³/mol. The molecule has 7 nitrogen and oxygen atoms in total. The highest BCUT2D eigenvalue weighted by Crippen LogP contribution is 2.31. The number of hydrogen-bond acceptors (Lipinski definition) is 6. The van der Waals surface area contributed by atoms with Gasteiger partial charge in [-0.05, 0) is 35.5 Å². The number of hydrogen-bond donors (Lipinski definition) is 1. The molecule has 0 saturated carbocycles. The Hall–Kier alpha value is -2.33. The first-order valence-corrected chi connectivity index (χ1v) is 10.0. The first kappa shape index (κ1) is 19.4. The van der Waals surface area contributed by atoms with Gasteiger partial charge in [0.15, 0.2) is 0 Å². The number of amides is 4. The first-order chi connectivity index (χ1) is 12.9. The van der Waals surface area contributed by atoms with E-state index in [1.807, 2.05) is 0 Å². The van der Waals surface area contributed by atoms with Crippen LogP contribution in [0.3, 0.4) is 0 Å². The Balaban J connectivity index is 1.51. The van der Waals surface area contributed by atoms with E-state index >= 15 is 0 Å². The summed E-state index contributed by atoms with van der Waals surface area (Å²) in [5, 5.41) is 2.19. The third kappa shape index (κ3) is 4.89. The number of benzene rings is 1. The maximum absolute atomic E-state index is 12.9. The molecule has 2 aliphatic heterocycles. The second-order valence-electron chi connectivity index (χ2n) is 5.80. The summed E-state index contributed by atoms with van der Waals surface area (Å²) in [6.45, 7) is 0.119. The lowest BCUT2D eigenvalue weighted by atomic mass is 10.2. The van der Waals surface area contributed by atoms with Crippen molar-refractivity contribution in [2.45, 2.75) is 0 Å². The van der Waals surface area contributed by atoms with E-state index in [1.165, 1.54) is 47.0 Å². The summed E-state index contributed by atoms with van der Waals surface area (Å²) in [5.41, 5.74) is 0.614. The minimum absolute atomic E-state index is 0.0296. The summed E-state index contributed by atoms with van der Waals surface area (Å²) in [7, 11) is 0. The number of carbonyl (C=O) groups excluding carboxylic acids is 4. The van der Waals surface area contributed by atoms with Crippen LogP contribution in [-0.2, 0) is 14.4 Å². The van der Waals surface area contributed by atoms with Gasteiger partial charge in [0.2, 0.25) is 11.8 Å². The van der Waals surface area contributed by atoms with Gasteiger partial charge in [0.25, 0.3) is 11.1 Å². The number of carbonyl (C=O) groups is 4. The molecule has 10 heteroatoms. The van der Waals surface area contributed by atoms with E-state index in [-0.39, 0.29) is 42.2 Å². The van der Waals surface area contributed by atoms with Crippen molar-refractivity contribution < 1.29 is 23.6 Å². The van der Waals surface area contributed by atoms with Crippen LogP contribution in [0.2, 0.25) is 0 Å². The fourth-order valence-corrected chi connectivity index (χ4v) is 4.25. The fraction of sp³-hybridized carbons (Fsp3) is 0.294. The van der Waals surface area contributed by atoms with Crippen LogP contribution in [-0.4, -0.2) is 64.0 Å². The second-order valence-corrected chi connectivity index (χ2v) is 7.75. The molecule has 0 atom stereocenters. The Morgan fingerprint density at radius 3 is 2.63 bits per heavy atom. The minimum atomic E-state index is -0.449. The number of halogens is 1. The van der Waals surface area contributed by atoms with Crippen molar-refractivity contribution in [3.05, 3.63) is 40.6 Å². The highest BCUT2D eigenvalue weighted by molar-refractivity contribution is 8.18. The molecule has 0 spiro atoms. The van der Waals surface area contributed by atoms with Crippen molar-refractivity contribution in [1.82, 2.24) is 15.1 Å². The minimum Gasteiger partial charge on any atom is -0.353 e. The van der Waals surface area contributed by atoms with Gasteiger partial charge in [-0.2, -0.15) is 0 Å². The SMILES string of the molecule is O=C(CN1CSCC1=O)NCCN1C(=O)S/C(=C\c2ccc(F)cc2)C1=O. The molecule has 0 aliphatic carbocycles. The van der Waals surface area contributed by atoms with E-state index in [9.17, 15) is 23.6 Å². The Morgan fingerprint density at radius 2 is 1.96 bits per heavy atom. The molecule has 0 radical (unpaired) electrons. The largest absolute Gasteiger partial charge is 0.353 e. The van der Waals surface area contributed by atoms with Crippen LogP contribution < -0.4 is 5.32 Å². The maximum atomic E-state index is 12.9. The molecule has 0 bridgehead atoms. The zero-order valence-corrected chi connectivity index (χ0v) is 15.8. The third-order valence-electron chi connectivity index (χ3n) is 3.86. The average molecular weight is 409 g/mol. The summed E-state index contributed by atoms with van der Waals surface area (Å²) in [5.74, 6) is -0.375. The maximum Gasteiger partial charge on any atom is 0.293 e. The summed E-state index contributed by atoms with van der Waals surface area (Å²) in [6, 6.07) is 5.58. The highest BCUT2D eigenvalue weighted by Gasteiger charge is 2.34. The van der Waals surface area contributed by atoms with Gasteiger partial charge in [-0.3, -0.25) is 24.1 Å². The Labute approximate surface area is 163 Å². The number of nitrogens with one attached hydrogen (secondary N) is 1. The van der Waals surface area contributed by atoms with Crippen molar-refractivity contribution in [1.29, 1.82) is 0 Å². The zero-order valence-electron chi connectivity index (χ0n) is 14.1. The fourth-order valence-electron chi connectivity index (χ4n) is 2.48. The van der Waals surface area contributed by atoms with Crippen LogP contribution in [0.1, 0.15) is 5.56 Å². The van der Waals surface area contributed by atoms with Crippen LogP contribution in [0.4, 0.5) is 9.18 Å². The van der Waals surface area contributed by atoms with Gasteiger partial charge < -0.3 is 10.2 Å². The van der Waals surface area contributed by atoms with Gasteiger partial charge >= 0.3 is 0 Å². The average Bonchev–Trinajstić information content (AvgIpc) is 3.14. The molecule has 0 unspecified atom stereocenters. The third-order valence-corrected chi connectivity index (χ3v) is 5.71. The molecule has 3 rings (SSSR count). The predicted octanol–water partition coefficient (Wildman–Crippen LogP) is 1.51. The molecular formula is C17H16FN3O4S2. The number of nitrogens with zero attached hydrogens (tertiary/aromatic N) is 2. The van der Waals surface area contributed by atoms with Gasteiger partial charge in [0.1, 0.15) is 12.4 Å². The molecule has 2 aliphatic rings. The van der Waals surface area contributed by atoms with E-state index in [0.717, 1.165) is 16.7 Å². The van der Waals surface area contributed by atoms with Crippen LogP contribution in [0.25, 0.3) is 6.08 Å². The van der Waals surface area contributed by atoms with E-state index in [1.54, 1.807) is 0 Å². The normalized spacial score (nSPS) is 18.7. The van der Waals surface area contributed by atoms with Gasteiger partial charge in [-0.15, -0.1) is 11.8 Å². The Kier molecular flexibility index (Phi) is 6.17. The molecule has 1 aromatic rings. The summed E-state index contributed by atoms with van der Waals surface area (Å²) in [6.07, 6.45) is 1.53. The summed E-state index contributed by atoms with van der Waals surface area (Å²) >= 11 is 2.25. The summed E-state index contributed by atoms with van der Waals surface area (Å²) in [4.78, 5) is 50.5. The Bertz CT molecular complexity index is 813. The van der Waals surface area contributed by atoms with Crippen molar-refractivity contribution >= 4 is 52.6 Å². The smallest absolute Gasteiger partial charge is 0.293 e. The quantitative estimate of drug-likeness (QED) is 0.717. The lowest BCUT2D eigenvalue weighted by Crippen LogP contribution is -2.42. The molecule has 142 valence electrons. The molecule has 2 heterocycles. The van der Waals surface area contributed by atoms with Gasteiger partial charge in [0.05, 0.1) is 16.5 Å². The Morgan fingerprint density at radius 1 is 1.22 bits per heavy atom. The van der Waals surface area contributed by atoms with Crippen LogP contribution in [0.5, 0.6) is 0 Å². The monoisotopic (exact) mass is 409 g/mol. The van der Waals surface area contributed by atoms with Crippen molar-refractivity contribution in [3.63, 3.8) is 0 Å². The second kappa shape index (κ2) is 8.57. The molecule has 2 fully saturated rings. The van der Waals surface area contributed by atoms with Crippen LogP contribution >= 0.6 is 23.5 Å². The highest BCUT2D eigenvalue weighted by atomic mass is 32.2. The molecule has 27 heavy (non-hydrogen) atoms. The van der Waals surface area contributed by atoms with Crippen molar-refractivity contribution in [2.75, 3.05) is 31.3 Å². The van der Waals surface area contributed by atoms with Crippen molar-refractivity contribution in [2.24, 2.45) is 0 Å². The molecule has 0 aromatic heterocycles. The van der Waals surface area contributed by atoms with Crippen molar-refractivity contribution in [3.8, 4) is 0 Å². The lowest BCUT2D eigenvalue weighted by molar-refractivity contribution is -0.132. The molecule has 1 N–H and O–H groups in total. The number of thioether (sulfide) groups is 2. The zero-order chi connectivity index (χ0) is 19.4. The number of imide groups is 1. The van der Waals surface area contributed by atoms with Gasteiger partial charge in [-0.25, -0.2) is 4.39 Å². The lowest BCUT2D eigenvalue weighted by Gasteiger charge is -2.16. The van der Waals surface area contributed by atoms with Gasteiger partial charge in [0, 0.05) is 13.1 Å². The summed E-state index contributed by atoms with van der Waals surface area (Å²) < 4.78 is 12.9.